The summed E-state index contributed by atoms with van der Waals surface area (Å²) in [6.07, 6.45) is 5.63. The summed E-state index contributed by atoms with van der Waals surface area (Å²) in [5.74, 6) is 1.62. The van der Waals surface area contributed by atoms with E-state index < -0.39 is 0 Å². The molecule has 0 N–H and O–H groups in total. The van der Waals surface area contributed by atoms with E-state index in [2.05, 4.69) is 4.99 Å². The third kappa shape index (κ3) is 3.72. The van der Waals surface area contributed by atoms with Crippen molar-refractivity contribution in [2.45, 2.75) is 0 Å². The van der Waals surface area contributed by atoms with E-state index in [-0.39, 0.29) is 0 Å². The minimum Gasteiger partial charge on any atom is -0.497 e. The van der Waals surface area contributed by atoms with E-state index in [1.54, 1.807) is 20.4 Å². The van der Waals surface area contributed by atoms with Gasteiger partial charge in [0.25, 0.3) is 0 Å². The van der Waals surface area contributed by atoms with Crippen LogP contribution in [0.25, 0.3) is 6.08 Å². The Balaban J connectivity index is 2.03. The maximum absolute atomic E-state index is 5.23. The van der Waals surface area contributed by atoms with Crippen molar-refractivity contribution in [3.8, 4) is 11.5 Å². The van der Waals surface area contributed by atoms with E-state index in [0.29, 0.717) is 0 Å². The molecule has 0 aliphatic rings. The van der Waals surface area contributed by atoms with Crippen molar-refractivity contribution in [2.24, 2.45) is 4.99 Å². The minimum absolute atomic E-state index is 0.765. The molecule has 3 nitrogen and oxygen atoms in total. The van der Waals surface area contributed by atoms with Crippen LogP contribution in [0.3, 0.4) is 0 Å². The maximum atomic E-state index is 5.23. The van der Waals surface area contributed by atoms with Crippen LogP contribution < -0.4 is 9.47 Å². The highest BCUT2D eigenvalue weighted by Crippen LogP contribution is 2.25. The number of methoxy groups -OCH3 is 2. The highest BCUT2D eigenvalue weighted by Gasteiger charge is 1.96. The summed E-state index contributed by atoms with van der Waals surface area (Å²) in [5.41, 5.74) is 1.91. The first kappa shape index (κ1) is 13.9. The number of rotatable bonds is 5. The van der Waals surface area contributed by atoms with Gasteiger partial charge in [-0.3, -0.25) is 4.99 Å². The lowest BCUT2D eigenvalue weighted by atomic mass is 10.2. The van der Waals surface area contributed by atoms with Gasteiger partial charge in [0.2, 0.25) is 0 Å². The number of hydrogen-bond acceptors (Lipinski definition) is 3. The van der Waals surface area contributed by atoms with Crippen LogP contribution in [-0.2, 0) is 0 Å². The van der Waals surface area contributed by atoms with Crippen LogP contribution in [-0.4, -0.2) is 20.4 Å². The summed E-state index contributed by atoms with van der Waals surface area (Å²) in [6, 6.07) is 15.5. The zero-order valence-electron chi connectivity index (χ0n) is 11.6. The van der Waals surface area contributed by atoms with E-state index in [1.807, 2.05) is 60.7 Å². The maximum Gasteiger partial charge on any atom is 0.144 e. The lowest BCUT2D eigenvalue weighted by Gasteiger charge is -2.01. The van der Waals surface area contributed by atoms with Crippen LogP contribution in [0.5, 0.6) is 11.5 Å². The van der Waals surface area contributed by atoms with Crippen LogP contribution in [0.1, 0.15) is 5.56 Å². The van der Waals surface area contributed by atoms with Gasteiger partial charge in [-0.2, -0.15) is 0 Å². The van der Waals surface area contributed by atoms with Crippen molar-refractivity contribution >= 4 is 18.0 Å². The summed E-state index contributed by atoms with van der Waals surface area (Å²) < 4.78 is 10.3. The molecule has 0 radical (unpaired) electrons. The molecule has 0 aliphatic heterocycles. The van der Waals surface area contributed by atoms with Gasteiger partial charge in [0.15, 0.2) is 0 Å². The summed E-state index contributed by atoms with van der Waals surface area (Å²) in [6.45, 7) is 0. The van der Waals surface area contributed by atoms with Gasteiger partial charge in [-0.05, 0) is 35.9 Å². The SMILES string of the molecule is COc1ccc(/C=C/C=Nc2ccccc2OC)cc1. The van der Waals surface area contributed by atoms with Crippen molar-refractivity contribution in [1.82, 2.24) is 0 Å². The monoisotopic (exact) mass is 267 g/mol. The largest absolute Gasteiger partial charge is 0.497 e. The van der Waals surface area contributed by atoms with Gasteiger partial charge in [-0.25, -0.2) is 0 Å². The fourth-order valence-corrected chi connectivity index (χ4v) is 1.73. The number of ether oxygens (including phenoxy) is 2. The van der Waals surface area contributed by atoms with Crippen LogP contribution in [0, 0.1) is 0 Å². The fourth-order valence-electron chi connectivity index (χ4n) is 1.73. The first-order valence-corrected chi connectivity index (χ1v) is 6.31. The first-order valence-electron chi connectivity index (χ1n) is 6.31. The molecule has 0 amide bonds. The smallest absolute Gasteiger partial charge is 0.144 e. The second-order valence-electron chi connectivity index (χ2n) is 4.08. The zero-order valence-corrected chi connectivity index (χ0v) is 11.6. The average Bonchev–Trinajstić information content (AvgIpc) is 2.52. The van der Waals surface area contributed by atoms with Crippen LogP contribution in [0.15, 0.2) is 59.6 Å². The molecule has 2 aromatic rings. The third-order valence-corrected chi connectivity index (χ3v) is 2.79. The molecule has 0 atom stereocenters. The molecule has 0 aliphatic carbocycles. The Labute approximate surface area is 119 Å². The van der Waals surface area contributed by atoms with Crippen LogP contribution >= 0.6 is 0 Å². The molecule has 0 aromatic heterocycles. The second-order valence-corrected chi connectivity index (χ2v) is 4.08. The molecular formula is C17H17NO2. The Bertz CT molecular complexity index is 601. The standard InChI is InChI=1S/C17H17NO2/c1-19-15-11-9-14(10-12-15)6-5-13-18-16-7-3-4-8-17(16)20-2/h3-13H,1-2H3/b6-5+,18-13?. The molecule has 20 heavy (non-hydrogen) atoms. The van der Waals surface area contributed by atoms with E-state index in [9.17, 15) is 0 Å². The molecule has 3 heteroatoms. The normalized spacial score (nSPS) is 11.1. The Morgan fingerprint density at radius 1 is 0.900 bits per heavy atom. The van der Waals surface area contributed by atoms with Gasteiger partial charge < -0.3 is 9.47 Å². The lowest BCUT2D eigenvalue weighted by molar-refractivity contribution is 0.415. The van der Waals surface area contributed by atoms with Crippen molar-refractivity contribution in [3.05, 3.63) is 60.2 Å². The molecule has 102 valence electrons. The molecule has 0 fully saturated rings. The number of para-hydroxylation sites is 2. The molecular weight excluding hydrogens is 250 g/mol. The predicted molar refractivity (Wildman–Crippen MR) is 83.2 cm³/mol. The molecule has 0 spiro atoms. The van der Waals surface area contributed by atoms with Crippen molar-refractivity contribution in [3.63, 3.8) is 0 Å². The van der Waals surface area contributed by atoms with Crippen LogP contribution in [0.4, 0.5) is 5.69 Å². The Morgan fingerprint density at radius 3 is 2.35 bits per heavy atom. The molecule has 0 unspecified atom stereocenters. The van der Waals surface area contributed by atoms with Gasteiger partial charge in [0.1, 0.15) is 17.2 Å². The molecule has 2 aromatic carbocycles. The van der Waals surface area contributed by atoms with Gasteiger partial charge >= 0.3 is 0 Å². The Morgan fingerprint density at radius 2 is 1.65 bits per heavy atom. The van der Waals surface area contributed by atoms with Crippen molar-refractivity contribution in [2.75, 3.05) is 14.2 Å². The number of benzene rings is 2. The van der Waals surface area contributed by atoms with Gasteiger partial charge in [-0.15, -0.1) is 0 Å². The second kappa shape index (κ2) is 7.14. The van der Waals surface area contributed by atoms with Crippen LogP contribution in [0.2, 0.25) is 0 Å². The molecule has 0 saturated carbocycles. The summed E-state index contributed by atoms with van der Waals surface area (Å²) >= 11 is 0. The van der Waals surface area contributed by atoms with Crippen molar-refractivity contribution in [1.29, 1.82) is 0 Å². The molecule has 2 rings (SSSR count). The van der Waals surface area contributed by atoms with E-state index >= 15 is 0 Å². The van der Waals surface area contributed by atoms with Crippen molar-refractivity contribution < 1.29 is 9.47 Å². The Kier molecular flexibility index (Phi) is 4.95. The highest BCUT2D eigenvalue weighted by atomic mass is 16.5. The third-order valence-electron chi connectivity index (χ3n) is 2.79. The number of nitrogens with zero attached hydrogens (tertiary/aromatic N) is 1. The minimum atomic E-state index is 0.765. The topological polar surface area (TPSA) is 30.8 Å². The van der Waals surface area contributed by atoms with Gasteiger partial charge in [-0.1, -0.05) is 30.3 Å². The van der Waals surface area contributed by atoms with Gasteiger partial charge in [0.05, 0.1) is 14.2 Å². The van der Waals surface area contributed by atoms with Gasteiger partial charge in [0, 0.05) is 6.21 Å². The van der Waals surface area contributed by atoms with E-state index in [1.165, 1.54) is 0 Å². The van der Waals surface area contributed by atoms with E-state index in [4.69, 9.17) is 9.47 Å². The molecule has 0 heterocycles. The lowest BCUT2D eigenvalue weighted by Crippen LogP contribution is -1.82. The predicted octanol–water partition coefficient (Wildman–Crippen LogP) is 4.12. The summed E-state index contributed by atoms with van der Waals surface area (Å²) in [5, 5.41) is 0. The number of allylic oxidation sites excluding steroid dienone is 1. The molecule has 0 saturated heterocycles. The fraction of sp³-hybridized carbons (Fsp3) is 0.118. The molecule has 0 bridgehead atoms. The summed E-state index contributed by atoms with van der Waals surface area (Å²) in [4.78, 5) is 4.36. The zero-order chi connectivity index (χ0) is 14.2. The number of hydrogen-bond donors (Lipinski definition) is 0. The first-order chi connectivity index (χ1) is 9.83. The highest BCUT2D eigenvalue weighted by molar-refractivity contribution is 5.81. The Hall–Kier alpha value is -2.55. The number of aliphatic imine (C=N–C) groups is 1. The summed E-state index contributed by atoms with van der Waals surface area (Å²) in [7, 11) is 3.30. The van der Waals surface area contributed by atoms with E-state index in [0.717, 1.165) is 22.7 Å². The average molecular weight is 267 g/mol. The quantitative estimate of drug-likeness (QED) is 0.763.